The van der Waals surface area contributed by atoms with Gasteiger partial charge in [0, 0.05) is 6.07 Å². The minimum Gasteiger partial charge on any atom is -0.361 e. The Labute approximate surface area is 112 Å². The van der Waals surface area contributed by atoms with Gasteiger partial charge in [-0.1, -0.05) is 10.3 Å². The zero-order valence-electron chi connectivity index (χ0n) is 10.5. The van der Waals surface area contributed by atoms with Crippen LogP contribution in [-0.4, -0.2) is 31.2 Å². The second-order valence-electron chi connectivity index (χ2n) is 3.98. The Morgan fingerprint density at radius 1 is 1.40 bits per heavy atom. The first kappa shape index (κ1) is 12.1. The highest BCUT2D eigenvalue weighted by Crippen LogP contribution is 2.14. The highest BCUT2D eigenvalue weighted by atomic mass is 16.5. The van der Waals surface area contributed by atoms with Crippen LogP contribution in [0.1, 0.15) is 22.1 Å². The number of amides is 1. The molecule has 0 saturated carbocycles. The summed E-state index contributed by atoms with van der Waals surface area (Å²) in [5.41, 5.74) is 0.842. The summed E-state index contributed by atoms with van der Waals surface area (Å²) in [5.74, 6) is 0.930. The van der Waals surface area contributed by atoms with E-state index < -0.39 is 0 Å². The molecule has 3 heterocycles. The molecule has 0 fully saturated rings. The van der Waals surface area contributed by atoms with Crippen LogP contribution >= 0.6 is 0 Å². The maximum absolute atomic E-state index is 11.7. The first-order valence-corrected chi connectivity index (χ1v) is 5.75. The Hall–Kier alpha value is -2.97. The molecule has 0 atom stereocenters. The van der Waals surface area contributed by atoms with E-state index in [1.165, 1.54) is 12.5 Å². The molecule has 0 spiro atoms. The Bertz CT molecular complexity index is 714. The van der Waals surface area contributed by atoms with Crippen molar-refractivity contribution in [3.05, 3.63) is 35.9 Å². The van der Waals surface area contributed by atoms with Gasteiger partial charge >= 0.3 is 0 Å². The third-order valence-electron chi connectivity index (χ3n) is 2.47. The van der Waals surface area contributed by atoms with Crippen molar-refractivity contribution in [1.29, 1.82) is 0 Å². The van der Waals surface area contributed by atoms with E-state index in [1.807, 2.05) is 0 Å². The van der Waals surface area contributed by atoms with Gasteiger partial charge < -0.3 is 19.3 Å². The average Bonchev–Trinajstić information content (AvgIpc) is 3.16. The van der Waals surface area contributed by atoms with Crippen molar-refractivity contribution in [3.63, 3.8) is 0 Å². The van der Waals surface area contributed by atoms with Crippen LogP contribution in [0.3, 0.4) is 0 Å². The molecule has 3 aromatic rings. The molecular weight excluding hydrogens is 264 g/mol. The van der Waals surface area contributed by atoms with Gasteiger partial charge in [-0.2, -0.15) is 4.98 Å². The second-order valence-corrected chi connectivity index (χ2v) is 3.98. The summed E-state index contributed by atoms with van der Waals surface area (Å²) < 4.78 is 9.94. The van der Waals surface area contributed by atoms with E-state index in [-0.39, 0.29) is 18.3 Å². The molecule has 1 amide bonds. The smallest absolute Gasteiger partial charge is 0.269 e. The number of hydrogen-bond donors (Lipinski definition) is 2. The van der Waals surface area contributed by atoms with Gasteiger partial charge in [-0.3, -0.25) is 4.79 Å². The lowest BCUT2D eigenvalue weighted by Gasteiger charge is -1.98. The number of nitrogens with one attached hydrogen (secondary N) is 2. The third-order valence-corrected chi connectivity index (χ3v) is 2.47. The van der Waals surface area contributed by atoms with Gasteiger partial charge in [0.1, 0.15) is 11.5 Å². The standard InChI is InChI=1S/C11H10N6O3/c1-6-2-7(16-19-6)10-15-9(20-17-10)4-13-11(18)8-3-12-5-14-8/h2-3,5H,4H2,1H3,(H,12,14)(H,13,18). The molecule has 0 aliphatic carbocycles. The number of carbonyl (C=O) groups excluding carboxylic acids is 1. The second kappa shape index (κ2) is 4.96. The minimum atomic E-state index is -0.306. The van der Waals surface area contributed by atoms with Crippen molar-refractivity contribution in [2.45, 2.75) is 13.5 Å². The van der Waals surface area contributed by atoms with Crippen LogP contribution in [0.5, 0.6) is 0 Å². The molecule has 2 N–H and O–H groups in total. The Morgan fingerprint density at radius 3 is 3.00 bits per heavy atom. The first-order valence-electron chi connectivity index (χ1n) is 5.75. The number of aryl methyl sites for hydroxylation is 1. The summed E-state index contributed by atoms with van der Waals surface area (Å²) in [4.78, 5) is 22.2. The maximum Gasteiger partial charge on any atom is 0.269 e. The summed E-state index contributed by atoms with van der Waals surface area (Å²) in [6, 6.07) is 1.69. The van der Waals surface area contributed by atoms with Crippen molar-refractivity contribution in [2.75, 3.05) is 0 Å². The molecular formula is C11H10N6O3. The predicted octanol–water partition coefficient (Wildman–Crippen LogP) is 0.686. The van der Waals surface area contributed by atoms with Crippen LogP contribution in [0.25, 0.3) is 11.5 Å². The van der Waals surface area contributed by atoms with Gasteiger partial charge in [-0.05, 0) is 6.92 Å². The van der Waals surface area contributed by atoms with Crippen molar-refractivity contribution < 1.29 is 13.8 Å². The summed E-state index contributed by atoms with van der Waals surface area (Å²) in [6.45, 7) is 1.88. The summed E-state index contributed by atoms with van der Waals surface area (Å²) in [7, 11) is 0. The minimum absolute atomic E-state index is 0.113. The van der Waals surface area contributed by atoms with E-state index in [0.717, 1.165) is 0 Å². The molecule has 0 bridgehead atoms. The van der Waals surface area contributed by atoms with Gasteiger partial charge in [0.15, 0.2) is 5.69 Å². The molecule has 0 aromatic carbocycles. The number of hydrogen-bond acceptors (Lipinski definition) is 7. The van der Waals surface area contributed by atoms with Crippen LogP contribution in [0.2, 0.25) is 0 Å². The lowest BCUT2D eigenvalue weighted by Crippen LogP contribution is -2.23. The topological polar surface area (TPSA) is 123 Å². The molecule has 0 aliphatic rings. The fraction of sp³-hybridized carbons (Fsp3) is 0.182. The van der Waals surface area contributed by atoms with E-state index >= 15 is 0 Å². The van der Waals surface area contributed by atoms with Crippen LogP contribution in [0.4, 0.5) is 0 Å². The number of aromatic amines is 1. The molecule has 9 nitrogen and oxygen atoms in total. The fourth-order valence-corrected chi connectivity index (χ4v) is 1.53. The number of rotatable bonds is 4. The van der Waals surface area contributed by atoms with Gasteiger partial charge in [-0.15, -0.1) is 0 Å². The lowest BCUT2D eigenvalue weighted by molar-refractivity contribution is 0.0942. The number of aromatic nitrogens is 5. The Kier molecular flexibility index (Phi) is 2.99. The third kappa shape index (κ3) is 2.41. The quantitative estimate of drug-likeness (QED) is 0.717. The Balaban J connectivity index is 1.64. The fourth-order valence-electron chi connectivity index (χ4n) is 1.53. The van der Waals surface area contributed by atoms with Crippen molar-refractivity contribution in [2.24, 2.45) is 0 Å². The SMILES string of the molecule is Cc1cc(-c2noc(CNC(=O)c3cnc[nH]3)n2)no1. The molecule has 0 radical (unpaired) electrons. The van der Waals surface area contributed by atoms with E-state index in [0.29, 0.717) is 23.0 Å². The van der Waals surface area contributed by atoms with E-state index in [1.54, 1.807) is 13.0 Å². The zero-order chi connectivity index (χ0) is 13.9. The lowest BCUT2D eigenvalue weighted by atomic mass is 10.4. The van der Waals surface area contributed by atoms with E-state index in [4.69, 9.17) is 9.05 Å². The Morgan fingerprint density at radius 2 is 2.30 bits per heavy atom. The monoisotopic (exact) mass is 274 g/mol. The predicted molar refractivity (Wildman–Crippen MR) is 64.3 cm³/mol. The summed E-state index contributed by atoms with van der Waals surface area (Å²) in [5, 5.41) is 10.2. The highest BCUT2D eigenvalue weighted by molar-refractivity contribution is 5.91. The highest BCUT2D eigenvalue weighted by Gasteiger charge is 2.13. The van der Waals surface area contributed by atoms with Crippen LogP contribution < -0.4 is 5.32 Å². The largest absolute Gasteiger partial charge is 0.361 e. The van der Waals surface area contributed by atoms with Crippen molar-refractivity contribution in [1.82, 2.24) is 30.6 Å². The summed E-state index contributed by atoms with van der Waals surface area (Å²) >= 11 is 0. The van der Waals surface area contributed by atoms with Gasteiger partial charge in [0.2, 0.25) is 11.7 Å². The molecule has 0 unspecified atom stereocenters. The normalized spacial score (nSPS) is 10.7. The van der Waals surface area contributed by atoms with Gasteiger partial charge in [0.25, 0.3) is 5.91 Å². The van der Waals surface area contributed by atoms with Crippen LogP contribution in [0.15, 0.2) is 27.6 Å². The average molecular weight is 274 g/mol. The molecule has 0 saturated heterocycles. The van der Waals surface area contributed by atoms with Gasteiger partial charge in [0.05, 0.1) is 19.1 Å². The number of carbonyl (C=O) groups is 1. The first-order chi connectivity index (χ1) is 9.72. The molecule has 3 rings (SSSR count). The van der Waals surface area contributed by atoms with Crippen LogP contribution in [-0.2, 0) is 6.54 Å². The number of imidazole rings is 1. The van der Waals surface area contributed by atoms with E-state index in [2.05, 4.69) is 30.6 Å². The van der Waals surface area contributed by atoms with Crippen molar-refractivity contribution in [3.8, 4) is 11.5 Å². The zero-order valence-corrected chi connectivity index (χ0v) is 10.5. The van der Waals surface area contributed by atoms with E-state index in [9.17, 15) is 4.79 Å². The molecule has 9 heteroatoms. The number of H-pyrrole nitrogens is 1. The molecule has 0 aliphatic heterocycles. The van der Waals surface area contributed by atoms with Gasteiger partial charge in [-0.25, -0.2) is 4.98 Å². The maximum atomic E-state index is 11.7. The molecule has 102 valence electrons. The number of nitrogens with zero attached hydrogens (tertiary/aromatic N) is 4. The molecule has 3 aromatic heterocycles. The van der Waals surface area contributed by atoms with Crippen LogP contribution in [0, 0.1) is 6.92 Å². The summed E-state index contributed by atoms with van der Waals surface area (Å²) in [6.07, 6.45) is 2.85. The molecule has 20 heavy (non-hydrogen) atoms. The van der Waals surface area contributed by atoms with Crippen molar-refractivity contribution >= 4 is 5.91 Å².